The monoisotopic (exact) mass is 305 g/mol. The maximum absolute atomic E-state index is 12.6. The zero-order chi connectivity index (χ0) is 14.7. The van der Waals surface area contributed by atoms with Crippen LogP contribution in [0.3, 0.4) is 0 Å². The zero-order valence-corrected chi connectivity index (χ0v) is 12.9. The molecule has 2 nitrogen and oxygen atoms in total. The predicted molar refractivity (Wildman–Crippen MR) is 87.9 cm³/mol. The van der Waals surface area contributed by atoms with Crippen molar-refractivity contribution < 1.29 is 4.79 Å². The number of fused-ring (bicyclic) bond motifs is 1. The molecule has 0 N–H and O–H groups in total. The van der Waals surface area contributed by atoms with Gasteiger partial charge in [-0.25, -0.2) is 0 Å². The van der Waals surface area contributed by atoms with Crippen LogP contribution in [-0.4, -0.2) is 23.9 Å². The molecule has 2 rings (SSSR count). The Morgan fingerprint density at radius 1 is 1.35 bits per heavy atom. The summed E-state index contributed by atoms with van der Waals surface area (Å²) in [5.74, 6) is -0.0753. The molecule has 0 saturated carbocycles. The average Bonchev–Trinajstić information content (AvgIpc) is 2.74. The van der Waals surface area contributed by atoms with Crippen molar-refractivity contribution in [3.05, 3.63) is 59.0 Å². The minimum Gasteiger partial charge on any atom is -0.330 e. The smallest absolute Gasteiger partial charge is 0.266 e. The molecule has 0 spiro atoms. The van der Waals surface area contributed by atoms with Gasteiger partial charge in [-0.15, -0.1) is 24.5 Å². The molecule has 1 amide bonds. The standard InChI is InChI=1S/C16H16ClNOS/c1-4-8-18(9-5-2)16(19)15-14(17)12-7-6-11(3)10-13(12)20-15/h4-7,10H,1-2,8-9H2,3H3. The van der Waals surface area contributed by atoms with Crippen LogP contribution in [0.15, 0.2) is 43.5 Å². The molecule has 1 heterocycles. The quantitative estimate of drug-likeness (QED) is 0.735. The number of thiophene rings is 1. The molecule has 0 unspecified atom stereocenters. The minimum atomic E-state index is -0.0753. The highest BCUT2D eigenvalue weighted by Gasteiger charge is 2.21. The van der Waals surface area contributed by atoms with Crippen LogP contribution in [-0.2, 0) is 0 Å². The molecule has 0 atom stereocenters. The van der Waals surface area contributed by atoms with Crippen molar-refractivity contribution in [1.82, 2.24) is 4.90 Å². The Morgan fingerprint density at radius 3 is 2.60 bits per heavy atom. The lowest BCUT2D eigenvalue weighted by atomic mass is 10.2. The number of carbonyl (C=O) groups excluding carboxylic acids is 1. The van der Waals surface area contributed by atoms with E-state index in [9.17, 15) is 4.79 Å². The summed E-state index contributed by atoms with van der Waals surface area (Å²) in [6.45, 7) is 10.3. The summed E-state index contributed by atoms with van der Waals surface area (Å²) in [6, 6.07) is 6.01. The van der Waals surface area contributed by atoms with Crippen molar-refractivity contribution >= 4 is 38.9 Å². The number of nitrogens with zero attached hydrogens (tertiary/aromatic N) is 1. The van der Waals surface area contributed by atoms with Crippen molar-refractivity contribution in [3.63, 3.8) is 0 Å². The van der Waals surface area contributed by atoms with E-state index >= 15 is 0 Å². The lowest BCUT2D eigenvalue weighted by Crippen LogP contribution is -2.30. The fourth-order valence-electron chi connectivity index (χ4n) is 2.01. The summed E-state index contributed by atoms with van der Waals surface area (Å²) in [5, 5.41) is 1.47. The van der Waals surface area contributed by atoms with Crippen LogP contribution in [0.25, 0.3) is 10.1 Å². The first-order valence-electron chi connectivity index (χ1n) is 6.28. The molecular formula is C16H16ClNOS. The summed E-state index contributed by atoms with van der Waals surface area (Å²) in [6.07, 6.45) is 3.40. The number of hydrogen-bond donors (Lipinski definition) is 0. The van der Waals surface area contributed by atoms with Gasteiger partial charge in [0.1, 0.15) is 4.88 Å². The highest BCUT2D eigenvalue weighted by Crippen LogP contribution is 2.36. The summed E-state index contributed by atoms with van der Waals surface area (Å²) in [5.41, 5.74) is 1.16. The predicted octanol–water partition coefficient (Wildman–Crippen LogP) is 4.68. The summed E-state index contributed by atoms with van der Waals surface area (Å²) >= 11 is 7.79. The Hall–Kier alpha value is -1.58. The number of carbonyl (C=O) groups is 1. The van der Waals surface area contributed by atoms with Crippen LogP contribution < -0.4 is 0 Å². The highest BCUT2D eigenvalue weighted by atomic mass is 35.5. The van der Waals surface area contributed by atoms with Gasteiger partial charge in [-0.05, 0) is 18.6 Å². The van der Waals surface area contributed by atoms with Crippen LogP contribution in [0.2, 0.25) is 5.02 Å². The fourth-order valence-corrected chi connectivity index (χ4v) is 3.58. The molecule has 104 valence electrons. The summed E-state index contributed by atoms with van der Waals surface area (Å²) in [7, 11) is 0. The van der Waals surface area contributed by atoms with Gasteiger partial charge in [-0.3, -0.25) is 4.79 Å². The highest BCUT2D eigenvalue weighted by molar-refractivity contribution is 7.21. The van der Waals surface area contributed by atoms with E-state index in [4.69, 9.17) is 11.6 Å². The van der Waals surface area contributed by atoms with Gasteiger partial charge in [0.25, 0.3) is 5.91 Å². The van der Waals surface area contributed by atoms with Crippen LogP contribution in [0.5, 0.6) is 0 Å². The van der Waals surface area contributed by atoms with Crippen molar-refractivity contribution in [2.75, 3.05) is 13.1 Å². The molecule has 4 heteroatoms. The molecule has 0 aliphatic rings. The number of halogens is 1. The topological polar surface area (TPSA) is 20.3 Å². The van der Waals surface area contributed by atoms with E-state index in [1.807, 2.05) is 25.1 Å². The third-order valence-corrected chi connectivity index (χ3v) is 4.61. The Bertz CT molecular complexity index is 664. The first kappa shape index (κ1) is 14.8. The molecule has 0 bridgehead atoms. The van der Waals surface area contributed by atoms with Crippen molar-refractivity contribution in [2.45, 2.75) is 6.92 Å². The van der Waals surface area contributed by atoms with E-state index < -0.39 is 0 Å². The van der Waals surface area contributed by atoms with E-state index in [0.717, 1.165) is 15.6 Å². The molecule has 0 saturated heterocycles. The maximum Gasteiger partial charge on any atom is 0.266 e. The number of amides is 1. The van der Waals surface area contributed by atoms with Crippen LogP contribution in [0.1, 0.15) is 15.2 Å². The SMILES string of the molecule is C=CCN(CC=C)C(=O)c1sc2cc(C)ccc2c1Cl. The molecular weight excluding hydrogens is 290 g/mol. The van der Waals surface area contributed by atoms with Crippen LogP contribution in [0, 0.1) is 6.92 Å². The summed E-state index contributed by atoms with van der Waals surface area (Å²) in [4.78, 5) is 14.8. The average molecular weight is 306 g/mol. The molecule has 0 aliphatic heterocycles. The fraction of sp³-hybridized carbons (Fsp3) is 0.188. The molecule has 0 aliphatic carbocycles. The molecule has 0 radical (unpaired) electrons. The van der Waals surface area contributed by atoms with Gasteiger partial charge in [0.2, 0.25) is 0 Å². The lowest BCUT2D eigenvalue weighted by molar-refractivity contribution is 0.0796. The van der Waals surface area contributed by atoms with E-state index in [1.54, 1.807) is 17.1 Å². The number of rotatable bonds is 5. The minimum absolute atomic E-state index is 0.0753. The van der Waals surface area contributed by atoms with Gasteiger partial charge in [-0.2, -0.15) is 0 Å². The van der Waals surface area contributed by atoms with Gasteiger partial charge in [-0.1, -0.05) is 35.9 Å². The summed E-state index contributed by atoms with van der Waals surface area (Å²) < 4.78 is 1.04. The van der Waals surface area contributed by atoms with Gasteiger partial charge in [0.15, 0.2) is 0 Å². The van der Waals surface area contributed by atoms with Gasteiger partial charge in [0.05, 0.1) is 5.02 Å². The Kier molecular flexibility index (Phi) is 4.63. The second-order valence-corrected chi connectivity index (χ2v) is 5.96. The third kappa shape index (κ3) is 2.79. The Labute approximate surface area is 128 Å². The van der Waals surface area contributed by atoms with E-state index in [-0.39, 0.29) is 5.91 Å². The van der Waals surface area contributed by atoms with Crippen molar-refractivity contribution in [2.24, 2.45) is 0 Å². The number of aryl methyl sites for hydroxylation is 1. The molecule has 1 aromatic carbocycles. The van der Waals surface area contributed by atoms with Crippen LogP contribution in [0.4, 0.5) is 0 Å². The van der Waals surface area contributed by atoms with Gasteiger partial charge < -0.3 is 4.90 Å². The first-order chi connectivity index (χ1) is 9.58. The zero-order valence-electron chi connectivity index (χ0n) is 11.4. The maximum atomic E-state index is 12.6. The van der Waals surface area contributed by atoms with Crippen molar-refractivity contribution in [3.8, 4) is 0 Å². The van der Waals surface area contributed by atoms with E-state index in [1.165, 1.54) is 11.3 Å². The van der Waals surface area contributed by atoms with E-state index in [0.29, 0.717) is 23.0 Å². The second kappa shape index (κ2) is 6.25. The lowest BCUT2D eigenvalue weighted by Gasteiger charge is -2.18. The molecule has 0 fully saturated rings. The second-order valence-electron chi connectivity index (χ2n) is 4.53. The van der Waals surface area contributed by atoms with Crippen molar-refractivity contribution in [1.29, 1.82) is 0 Å². The third-order valence-electron chi connectivity index (χ3n) is 2.97. The number of benzene rings is 1. The molecule has 1 aromatic heterocycles. The molecule has 20 heavy (non-hydrogen) atoms. The van der Waals surface area contributed by atoms with Gasteiger partial charge >= 0.3 is 0 Å². The first-order valence-corrected chi connectivity index (χ1v) is 7.47. The van der Waals surface area contributed by atoms with Crippen LogP contribution >= 0.6 is 22.9 Å². The Morgan fingerprint density at radius 2 is 2.00 bits per heavy atom. The van der Waals surface area contributed by atoms with E-state index in [2.05, 4.69) is 13.2 Å². The largest absolute Gasteiger partial charge is 0.330 e. The Balaban J connectivity index is 2.45. The van der Waals surface area contributed by atoms with Gasteiger partial charge in [0, 0.05) is 23.2 Å². The normalized spacial score (nSPS) is 10.5. The molecule has 2 aromatic rings. The number of hydrogen-bond acceptors (Lipinski definition) is 2.